The molecule has 1 fully saturated rings. The molecule has 2 unspecified atom stereocenters. The molecule has 0 aliphatic heterocycles. The van der Waals surface area contributed by atoms with Gasteiger partial charge in [-0.15, -0.1) is 0 Å². The second kappa shape index (κ2) is 7.49. The van der Waals surface area contributed by atoms with E-state index in [4.69, 9.17) is 0 Å². The Kier molecular flexibility index (Phi) is 6.64. The highest BCUT2D eigenvalue weighted by Gasteiger charge is 2.26. The fraction of sp³-hybridized carbons (Fsp3) is 1.00. The molecule has 2 atom stereocenters. The van der Waals surface area contributed by atoms with Gasteiger partial charge in [0.25, 0.3) is 0 Å². The van der Waals surface area contributed by atoms with E-state index in [9.17, 15) is 8.42 Å². The Hall–Kier alpha value is -0.0900. The molecule has 0 saturated heterocycles. The van der Waals surface area contributed by atoms with Crippen LogP contribution in [0.15, 0.2) is 0 Å². The summed E-state index contributed by atoms with van der Waals surface area (Å²) in [7, 11) is -2.78. The lowest BCUT2D eigenvalue weighted by Gasteiger charge is -2.20. The van der Waals surface area contributed by atoms with Crippen LogP contribution in [0.2, 0.25) is 0 Å². The van der Waals surface area contributed by atoms with Gasteiger partial charge in [0.15, 0.2) is 0 Å². The fourth-order valence-corrected chi connectivity index (χ4v) is 3.62. The lowest BCUT2D eigenvalue weighted by atomic mass is 9.92. The van der Waals surface area contributed by atoms with Crippen LogP contribution < -0.4 is 5.32 Å². The Morgan fingerprint density at radius 2 is 1.89 bits per heavy atom. The normalized spacial score (nSPS) is 24.9. The van der Waals surface area contributed by atoms with Crippen molar-refractivity contribution in [2.75, 3.05) is 25.1 Å². The Morgan fingerprint density at radius 3 is 2.50 bits per heavy atom. The third kappa shape index (κ3) is 6.74. The van der Waals surface area contributed by atoms with Gasteiger partial charge >= 0.3 is 0 Å². The molecule has 0 spiro atoms. The molecule has 0 radical (unpaired) electrons. The van der Waals surface area contributed by atoms with Crippen molar-refractivity contribution in [1.29, 1.82) is 0 Å². The quantitative estimate of drug-likeness (QED) is 0.740. The summed E-state index contributed by atoms with van der Waals surface area (Å²) in [4.78, 5) is 0. The third-order valence-electron chi connectivity index (χ3n) is 3.87. The van der Waals surface area contributed by atoms with Gasteiger partial charge in [0.05, 0.1) is 0 Å². The molecule has 0 amide bonds. The molecule has 1 N–H and O–H groups in total. The first-order chi connectivity index (χ1) is 8.38. The van der Waals surface area contributed by atoms with E-state index < -0.39 is 9.84 Å². The summed E-state index contributed by atoms with van der Waals surface area (Å²) in [6, 6.07) is 0. The predicted octanol–water partition coefficient (Wildman–Crippen LogP) is 2.47. The van der Waals surface area contributed by atoms with Crippen LogP contribution in [-0.4, -0.2) is 33.5 Å². The summed E-state index contributed by atoms with van der Waals surface area (Å²) < 4.78 is 22.2. The molecular formula is C14H29NO2S. The average Bonchev–Trinajstić information content (AvgIpc) is 2.63. The topological polar surface area (TPSA) is 46.2 Å². The van der Waals surface area contributed by atoms with Gasteiger partial charge in [0.1, 0.15) is 9.84 Å². The lowest BCUT2D eigenvalue weighted by molar-refractivity contribution is 0.339. The minimum atomic E-state index is -2.78. The number of hydrogen-bond acceptors (Lipinski definition) is 3. The van der Waals surface area contributed by atoms with Crippen molar-refractivity contribution in [1.82, 2.24) is 5.32 Å². The smallest absolute Gasteiger partial charge is 0.147 e. The van der Waals surface area contributed by atoms with E-state index in [-0.39, 0.29) is 0 Å². The fourth-order valence-electron chi connectivity index (χ4n) is 2.93. The van der Waals surface area contributed by atoms with Crippen LogP contribution in [0.1, 0.15) is 46.0 Å². The molecule has 108 valence electrons. The standard InChI is InChI=1S/C14H29NO2S/c1-12(2)10-15-11-14-7-4-6-13(14)8-5-9-18(3,16)17/h12-15H,4-11H2,1-3H3. The van der Waals surface area contributed by atoms with Gasteiger partial charge in [0.2, 0.25) is 0 Å². The predicted molar refractivity (Wildman–Crippen MR) is 77.5 cm³/mol. The maximum absolute atomic E-state index is 11.1. The molecule has 1 saturated carbocycles. The SMILES string of the molecule is CC(C)CNCC1CCCC1CCCS(C)(=O)=O. The molecule has 18 heavy (non-hydrogen) atoms. The van der Waals surface area contributed by atoms with Gasteiger partial charge in [-0.1, -0.05) is 26.7 Å². The number of rotatable bonds is 8. The van der Waals surface area contributed by atoms with Gasteiger partial charge in [-0.25, -0.2) is 8.42 Å². The first-order valence-electron chi connectivity index (χ1n) is 7.27. The summed E-state index contributed by atoms with van der Waals surface area (Å²) in [6.45, 7) is 6.66. The molecule has 1 aliphatic carbocycles. The summed E-state index contributed by atoms with van der Waals surface area (Å²) in [6.07, 6.45) is 7.18. The Bertz CT molecular complexity index is 325. The van der Waals surface area contributed by atoms with E-state index >= 15 is 0 Å². The van der Waals surface area contributed by atoms with E-state index in [0.717, 1.165) is 37.8 Å². The first-order valence-corrected chi connectivity index (χ1v) is 9.33. The van der Waals surface area contributed by atoms with E-state index in [0.29, 0.717) is 11.7 Å². The molecule has 0 aromatic rings. The van der Waals surface area contributed by atoms with E-state index in [1.807, 2.05) is 0 Å². The highest BCUT2D eigenvalue weighted by Crippen LogP contribution is 2.34. The molecule has 4 heteroatoms. The largest absolute Gasteiger partial charge is 0.316 e. The molecule has 1 aliphatic rings. The molecule has 0 bridgehead atoms. The van der Waals surface area contributed by atoms with Crippen molar-refractivity contribution >= 4 is 9.84 Å². The summed E-state index contributed by atoms with van der Waals surface area (Å²) in [5, 5.41) is 3.55. The Balaban J connectivity index is 2.22. The highest BCUT2D eigenvalue weighted by molar-refractivity contribution is 7.90. The second-order valence-electron chi connectivity index (χ2n) is 6.28. The van der Waals surface area contributed by atoms with Crippen LogP contribution in [0.4, 0.5) is 0 Å². The third-order valence-corrected chi connectivity index (χ3v) is 4.90. The van der Waals surface area contributed by atoms with Crippen molar-refractivity contribution in [2.45, 2.75) is 46.0 Å². The molecular weight excluding hydrogens is 246 g/mol. The van der Waals surface area contributed by atoms with Crippen molar-refractivity contribution in [2.24, 2.45) is 17.8 Å². The van der Waals surface area contributed by atoms with E-state index in [2.05, 4.69) is 19.2 Å². The monoisotopic (exact) mass is 275 g/mol. The van der Waals surface area contributed by atoms with E-state index in [1.165, 1.54) is 25.5 Å². The zero-order chi connectivity index (χ0) is 13.6. The van der Waals surface area contributed by atoms with Crippen molar-refractivity contribution < 1.29 is 8.42 Å². The first kappa shape index (κ1) is 16.0. The summed E-state index contributed by atoms with van der Waals surface area (Å²) in [5.41, 5.74) is 0. The lowest BCUT2D eigenvalue weighted by Crippen LogP contribution is -2.28. The van der Waals surface area contributed by atoms with Crippen LogP contribution >= 0.6 is 0 Å². The molecule has 0 aromatic carbocycles. The molecule has 1 rings (SSSR count). The van der Waals surface area contributed by atoms with Gasteiger partial charge < -0.3 is 5.32 Å². The molecule has 3 nitrogen and oxygen atoms in total. The van der Waals surface area contributed by atoms with Gasteiger partial charge in [-0.3, -0.25) is 0 Å². The van der Waals surface area contributed by atoms with E-state index in [1.54, 1.807) is 0 Å². The van der Waals surface area contributed by atoms with Crippen LogP contribution in [0.25, 0.3) is 0 Å². The Morgan fingerprint density at radius 1 is 1.22 bits per heavy atom. The minimum Gasteiger partial charge on any atom is -0.316 e. The minimum absolute atomic E-state index is 0.357. The zero-order valence-electron chi connectivity index (χ0n) is 12.1. The van der Waals surface area contributed by atoms with Gasteiger partial charge in [-0.2, -0.15) is 0 Å². The van der Waals surface area contributed by atoms with Gasteiger partial charge in [0, 0.05) is 12.0 Å². The van der Waals surface area contributed by atoms with Gasteiger partial charge in [-0.05, 0) is 50.1 Å². The maximum atomic E-state index is 11.1. The summed E-state index contributed by atoms with van der Waals surface area (Å²) >= 11 is 0. The summed E-state index contributed by atoms with van der Waals surface area (Å²) in [5.74, 6) is 2.57. The molecule has 0 aromatic heterocycles. The number of nitrogens with one attached hydrogen (secondary N) is 1. The van der Waals surface area contributed by atoms with Crippen LogP contribution in [0.5, 0.6) is 0 Å². The van der Waals surface area contributed by atoms with Crippen LogP contribution in [0.3, 0.4) is 0 Å². The Labute approximate surface area is 113 Å². The second-order valence-corrected chi connectivity index (χ2v) is 8.54. The number of sulfone groups is 1. The van der Waals surface area contributed by atoms with Crippen LogP contribution in [-0.2, 0) is 9.84 Å². The zero-order valence-corrected chi connectivity index (χ0v) is 12.9. The molecule has 0 heterocycles. The highest BCUT2D eigenvalue weighted by atomic mass is 32.2. The van der Waals surface area contributed by atoms with Crippen molar-refractivity contribution in [3.63, 3.8) is 0 Å². The maximum Gasteiger partial charge on any atom is 0.147 e. The number of hydrogen-bond donors (Lipinski definition) is 1. The average molecular weight is 275 g/mol. The van der Waals surface area contributed by atoms with Crippen molar-refractivity contribution in [3.8, 4) is 0 Å². The van der Waals surface area contributed by atoms with Crippen LogP contribution in [0, 0.1) is 17.8 Å². The van der Waals surface area contributed by atoms with Crippen molar-refractivity contribution in [3.05, 3.63) is 0 Å².